The number of aryl methyl sites for hydroxylation is 2. The molecular formula is C20H16N2O4. The van der Waals surface area contributed by atoms with Gasteiger partial charge in [-0.1, -0.05) is 12.1 Å². The molecule has 0 atom stereocenters. The van der Waals surface area contributed by atoms with Crippen molar-refractivity contribution in [2.75, 3.05) is 12.4 Å². The zero-order valence-corrected chi connectivity index (χ0v) is 14.2. The van der Waals surface area contributed by atoms with Crippen LogP contribution in [0.2, 0.25) is 0 Å². The van der Waals surface area contributed by atoms with E-state index in [0.29, 0.717) is 16.8 Å². The van der Waals surface area contributed by atoms with E-state index >= 15 is 0 Å². The van der Waals surface area contributed by atoms with Crippen molar-refractivity contribution in [1.29, 1.82) is 0 Å². The van der Waals surface area contributed by atoms with Gasteiger partial charge in [0.25, 0.3) is 23.5 Å². The topological polar surface area (TPSA) is 83.6 Å². The van der Waals surface area contributed by atoms with Crippen LogP contribution in [-0.4, -0.2) is 35.5 Å². The van der Waals surface area contributed by atoms with Crippen LogP contribution in [0, 0.1) is 0 Å². The number of Topliss-reactive ketones (excluding diaryl/α,β-unsaturated/α-hetero) is 1. The smallest absolute Gasteiger partial charge is 0.296 e. The van der Waals surface area contributed by atoms with Crippen LogP contribution in [0.25, 0.3) is 0 Å². The minimum Gasteiger partial charge on any atom is -0.319 e. The lowest BCUT2D eigenvalue weighted by Gasteiger charge is -2.07. The molecule has 1 N–H and O–H groups in total. The summed E-state index contributed by atoms with van der Waals surface area (Å²) < 4.78 is 0. The Kier molecular flexibility index (Phi) is 3.68. The number of hydrogen-bond donors (Lipinski definition) is 1. The number of fused-ring (bicyclic) bond motifs is 2. The third-order valence-corrected chi connectivity index (χ3v) is 4.91. The number of carbonyl (C=O) groups is 4. The van der Waals surface area contributed by atoms with Crippen molar-refractivity contribution in [3.05, 3.63) is 64.2 Å². The first-order valence-corrected chi connectivity index (χ1v) is 8.39. The van der Waals surface area contributed by atoms with Crippen molar-refractivity contribution >= 4 is 29.2 Å². The number of hydrogen-bond acceptors (Lipinski definition) is 4. The van der Waals surface area contributed by atoms with Crippen molar-refractivity contribution < 1.29 is 19.2 Å². The summed E-state index contributed by atoms with van der Waals surface area (Å²) in [6, 6.07) is 9.77. The summed E-state index contributed by atoms with van der Waals surface area (Å²) in [5.74, 6) is -2.20. The molecule has 0 saturated heterocycles. The van der Waals surface area contributed by atoms with Crippen molar-refractivity contribution in [3.63, 3.8) is 0 Å². The fourth-order valence-electron chi connectivity index (χ4n) is 3.47. The molecule has 0 radical (unpaired) electrons. The quantitative estimate of drug-likeness (QED) is 0.524. The summed E-state index contributed by atoms with van der Waals surface area (Å²) in [6.45, 7) is 0. The third-order valence-electron chi connectivity index (χ3n) is 4.91. The van der Waals surface area contributed by atoms with Crippen molar-refractivity contribution in [1.82, 2.24) is 4.90 Å². The van der Waals surface area contributed by atoms with Crippen LogP contribution in [-0.2, 0) is 17.6 Å². The molecule has 1 heterocycles. The molecule has 2 aliphatic rings. The zero-order valence-electron chi connectivity index (χ0n) is 14.2. The van der Waals surface area contributed by atoms with Gasteiger partial charge in [0.1, 0.15) is 0 Å². The highest BCUT2D eigenvalue weighted by molar-refractivity contribution is 6.46. The molecule has 0 unspecified atom stereocenters. The number of rotatable bonds is 3. The molecule has 1 aliphatic carbocycles. The van der Waals surface area contributed by atoms with Gasteiger partial charge in [-0.2, -0.15) is 0 Å². The maximum atomic E-state index is 12.4. The summed E-state index contributed by atoms with van der Waals surface area (Å²) in [5.41, 5.74) is 3.52. The van der Waals surface area contributed by atoms with Gasteiger partial charge in [0.2, 0.25) is 0 Å². The molecule has 6 nitrogen and oxygen atoms in total. The normalized spacial score (nSPS) is 15.0. The Balaban J connectivity index is 1.55. The molecule has 0 bridgehead atoms. The molecule has 4 rings (SSSR count). The minimum atomic E-state index is -0.770. The summed E-state index contributed by atoms with van der Waals surface area (Å²) in [5, 5.41) is 2.52. The van der Waals surface area contributed by atoms with Gasteiger partial charge in [-0.15, -0.1) is 0 Å². The van der Waals surface area contributed by atoms with Gasteiger partial charge in [0.15, 0.2) is 0 Å². The van der Waals surface area contributed by atoms with Crippen molar-refractivity contribution in [3.8, 4) is 0 Å². The van der Waals surface area contributed by atoms with Gasteiger partial charge >= 0.3 is 0 Å². The second-order valence-corrected chi connectivity index (χ2v) is 6.55. The number of imide groups is 1. The van der Waals surface area contributed by atoms with E-state index in [9.17, 15) is 19.2 Å². The lowest BCUT2D eigenvalue weighted by Crippen LogP contribution is -2.24. The first-order chi connectivity index (χ1) is 12.5. The standard InChI is InChI=1S/C20H16N2O4/c1-22-19(25)15-8-7-14(10-16(15)20(22)26)21-18(24)17(23)13-6-5-11-3-2-4-12(11)9-13/h5-10H,2-4H2,1H3,(H,21,24). The number of ketones is 1. The number of nitrogens with one attached hydrogen (secondary N) is 1. The maximum absolute atomic E-state index is 12.4. The predicted molar refractivity (Wildman–Crippen MR) is 94.3 cm³/mol. The molecule has 26 heavy (non-hydrogen) atoms. The van der Waals surface area contributed by atoms with Gasteiger partial charge in [-0.05, 0) is 54.7 Å². The summed E-state index contributed by atoms with van der Waals surface area (Å²) in [6.07, 6.45) is 2.99. The van der Waals surface area contributed by atoms with E-state index in [1.54, 1.807) is 12.1 Å². The third kappa shape index (κ3) is 2.50. The average molecular weight is 348 g/mol. The van der Waals surface area contributed by atoms with E-state index in [2.05, 4.69) is 5.32 Å². The highest BCUT2D eigenvalue weighted by Crippen LogP contribution is 2.25. The van der Waals surface area contributed by atoms with Crippen LogP contribution in [0.3, 0.4) is 0 Å². The zero-order chi connectivity index (χ0) is 18.4. The van der Waals surface area contributed by atoms with Gasteiger partial charge in [-0.3, -0.25) is 24.1 Å². The van der Waals surface area contributed by atoms with Crippen LogP contribution in [0.4, 0.5) is 5.69 Å². The molecule has 130 valence electrons. The van der Waals surface area contributed by atoms with E-state index in [0.717, 1.165) is 29.7 Å². The summed E-state index contributed by atoms with van der Waals surface area (Å²) in [7, 11) is 1.40. The molecule has 2 aromatic rings. The van der Waals surface area contributed by atoms with Crippen molar-refractivity contribution in [2.45, 2.75) is 19.3 Å². The molecule has 1 aliphatic heterocycles. The lowest BCUT2D eigenvalue weighted by atomic mass is 10.0. The Bertz CT molecular complexity index is 993. The first-order valence-electron chi connectivity index (χ1n) is 8.39. The van der Waals surface area contributed by atoms with E-state index in [-0.39, 0.29) is 11.5 Å². The van der Waals surface area contributed by atoms with E-state index in [4.69, 9.17) is 0 Å². The lowest BCUT2D eigenvalue weighted by molar-refractivity contribution is -0.112. The second-order valence-electron chi connectivity index (χ2n) is 6.55. The Morgan fingerprint density at radius 2 is 1.65 bits per heavy atom. The Labute approximate surface area is 149 Å². The molecular weight excluding hydrogens is 332 g/mol. The highest BCUT2D eigenvalue weighted by atomic mass is 16.2. The van der Waals surface area contributed by atoms with Crippen LogP contribution in [0.15, 0.2) is 36.4 Å². The van der Waals surface area contributed by atoms with Gasteiger partial charge in [0, 0.05) is 18.3 Å². The monoisotopic (exact) mass is 348 g/mol. The van der Waals surface area contributed by atoms with Crippen LogP contribution >= 0.6 is 0 Å². The molecule has 3 amide bonds. The fourth-order valence-corrected chi connectivity index (χ4v) is 3.47. The second kappa shape index (κ2) is 5.91. The maximum Gasteiger partial charge on any atom is 0.296 e. The number of benzene rings is 2. The Hall–Kier alpha value is -3.28. The van der Waals surface area contributed by atoms with Crippen LogP contribution in [0.1, 0.15) is 48.6 Å². The van der Waals surface area contributed by atoms with Gasteiger partial charge in [0.05, 0.1) is 11.1 Å². The number of anilines is 1. The van der Waals surface area contributed by atoms with E-state index in [1.807, 2.05) is 6.07 Å². The SMILES string of the molecule is CN1C(=O)c2ccc(NC(=O)C(=O)c3ccc4c(c3)CCC4)cc2C1=O. The average Bonchev–Trinajstić information content (AvgIpc) is 3.20. The molecule has 0 spiro atoms. The van der Waals surface area contributed by atoms with E-state index < -0.39 is 17.6 Å². The van der Waals surface area contributed by atoms with Crippen LogP contribution in [0.5, 0.6) is 0 Å². The fraction of sp³-hybridized carbons (Fsp3) is 0.200. The Morgan fingerprint density at radius 3 is 2.46 bits per heavy atom. The molecule has 2 aromatic carbocycles. The molecule has 0 fully saturated rings. The summed E-state index contributed by atoms with van der Waals surface area (Å²) in [4.78, 5) is 49.7. The number of nitrogens with zero attached hydrogens (tertiary/aromatic N) is 1. The minimum absolute atomic E-state index is 0.222. The largest absolute Gasteiger partial charge is 0.319 e. The van der Waals surface area contributed by atoms with Crippen LogP contribution < -0.4 is 5.32 Å². The number of amides is 3. The first kappa shape index (κ1) is 16.2. The highest BCUT2D eigenvalue weighted by Gasteiger charge is 2.33. The predicted octanol–water partition coefficient (Wildman–Crippen LogP) is 2.22. The summed E-state index contributed by atoms with van der Waals surface area (Å²) >= 11 is 0. The molecule has 0 saturated carbocycles. The number of carbonyl (C=O) groups excluding carboxylic acids is 4. The van der Waals surface area contributed by atoms with Gasteiger partial charge in [-0.25, -0.2) is 0 Å². The molecule has 0 aromatic heterocycles. The molecule has 6 heteroatoms. The van der Waals surface area contributed by atoms with Gasteiger partial charge < -0.3 is 5.32 Å². The Morgan fingerprint density at radius 1 is 0.923 bits per heavy atom. The van der Waals surface area contributed by atoms with Crippen molar-refractivity contribution in [2.24, 2.45) is 0 Å². The van der Waals surface area contributed by atoms with E-state index in [1.165, 1.54) is 30.8 Å².